The maximum absolute atomic E-state index is 11.7. The molecule has 0 radical (unpaired) electrons. The quantitative estimate of drug-likeness (QED) is 0.550. The van der Waals surface area contributed by atoms with E-state index in [4.69, 9.17) is 0 Å². The third-order valence-corrected chi connectivity index (χ3v) is 2.43. The second-order valence-corrected chi connectivity index (χ2v) is 3.41. The van der Waals surface area contributed by atoms with Crippen LogP contribution in [0.15, 0.2) is 53.6 Å². The van der Waals surface area contributed by atoms with Crippen molar-refractivity contribution < 1.29 is 0 Å². The molecule has 0 bridgehead atoms. The Morgan fingerprint density at radius 2 is 1.93 bits per heavy atom. The number of benzene rings is 1. The fraction of sp³-hybridized carbons (Fsp3) is 0. The highest BCUT2D eigenvalue weighted by Crippen LogP contribution is 2.08. The van der Waals surface area contributed by atoms with Gasteiger partial charge >= 0.3 is 0 Å². The van der Waals surface area contributed by atoms with Crippen LogP contribution in [0.4, 0.5) is 0 Å². The fourth-order valence-corrected chi connectivity index (χ4v) is 1.70. The summed E-state index contributed by atoms with van der Waals surface area (Å²) in [4.78, 5) is 15.8. The lowest BCUT2D eigenvalue weighted by molar-refractivity contribution is 1.20. The van der Waals surface area contributed by atoms with Crippen molar-refractivity contribution in [1.29, 1.82) is 0 Å². The van der Waals surface area contributed by atoms with E-state index in [1.54, 1.807) is 10.5 Å². The molecular weight excluding hydrogens is 188 g/mol. The highest BCUT2D eigenvalue weighted by Gasteiger charge is 1.98. The third-order valence-electron chi connectivity index (χ3n) is 2.43. The molecule has 0 fully saturated rings. The van der Waals surface area contributed by atoms with Crippen LogP contribution < -0.4 is 5.56 Å². The van der Waals surface area contributed by atoms with E-state index in [2.05, 4.69) is 4.98 Å². The van der Waals surface area contributed by atoms with E-state index in [1.165, 1.54) is 0 Å². The van der Waals surface area contributed by atoms with E-state index >= 15 is 0 Å². The molecule has 0 amide bonds. The van der Waals surface area contributed by atoms with Gasteiger partial charge in [0.15, 0.2) is 0 Å². The maximum Gasteiger partial charge on any atom is 0.294 e. The molecule has 0 unspecified atom stereocenters. The molecule has 72 valence electrons. The molecule has 0 aliphatic carbocycles. The van der Waals surface area contributed by atoms with Crippen LogP contribution in [-0.4, -0.2) is 9.38 Å². The van der Waals surface area contributed by atoms with Crippen molar-refractivity contribution in [2.24, 2.45) is 0 Å². The van der Waals surface area contributed by atoms with Crippen LogP contribution in [0.3, 0.4) is 0 Å². The van der Waals surface area contributed by atoms with Gasteiger partial charge in [-0.3, -0.25) is 4.79 Å². The molecule has 0 N–H and O–H groups in total. The van der Waals surface area contributed by atoms with Crippen LogP contribution in [0.1, 0.15) is 0 Å². The predicted molar refractivity (Wildman–Crippen MR) is 59.0 cm³/mol. The summed E-state index contributed by atoms with van der Waals surface area (Å²) in [5.41, 5.74) is 1.14. The van der Waals surface area contributed by atoms with Gasteiger partial charge in [-0.05, 0) is 18.2 Å². The van der Waals surface area contributed by atoms with Crippen molar-refractivity contribution >= 4 is 16.4 Å². The van der Waals surface area contributed by atoms with Gasteiger partial charge in [-0.15, -0.1) is 0 Å². The Hall–Kier alpha value is -2.16. The first-order chi connectivity index (χ1) is 7.34. The molecule has 0 atom stereocenters. The van der Waals surface area contributed by atoms with Gasteiger partial charge in [0.25, 0.3) is 5.56 Å². The fourth-order valence-electron chi connectivity index (χ4n) is 1.70. The lowest BCUT2D eigenvalue weighted by Crippen LogP contribution is -2.02. The minimum Gasteiger partial charge on any atom is -0.318 e. The van der Waals surface area contributed by atoms with E-state index in [0.717, 1.165) is 10.9 Å². The van der Waals surface area contributed by atoms with Crippen molar-refractivity contribution in [1.82, 2.24) is 9.38 Å². The molecule has 3 aromatic rings. The summed E-state index contributed by atoms with van der Waals surface area (Å²) in [6.45, 7) is 0. The monoisotopic (exact) mass is 196 g/mol. The maximum atomic E-state index is 11.7. The number of nitrogens with zero attached hydrogens (tertiary/aromatic N) is 2. The smallest absolute Gasteiger partial charge is 0.294 e. The molecule has 0 aliphatic heterocycles. The van der Waals surface area contributed by atoms with Crippen LogP contribution in [0.25, 0.3) is 16.4 Å². The van der Waals surface area contributed by atoms with Gasteiger partial charge in [-0.2, -0.15) is 0 Å². The zero-order chi connectivity index (χ0) is 10.3. The van der Waals surface area contributed by atoms with Crippen molar-refractivity contribution in [2.45, 2.75) is 0 Å². The van der Waals surface area contributed by atoms with Crippen LogP contribution in [0.2, 0.25) is 0 Å². The third kappa shape index (κ3) is 1.21. The Balaban J connectivity index is 2.67. The minimum absolute atomic E-state index is 0.193. The number of para-hydroxylation sites is 1. The Bertz CT molecular complexity index is 700. The van der Waals surface area contributed by atoms with Gasteiger partial charge < -0.3 is 4.40 Å². The number of fused-ring (bicyclic) bond motifs is 2. The van der Waals surface area contributed by atoms with Crippen molar-refractivity contribution in [2.75, 3.05) is 0 Å². The Morgan fingerprint density at radius 3 is 2.87 bits per heavy atom. The van der Waals surface area contributed by atoms with Gasteiger partial charge in [-0.1, -0.05) is 18.2 Å². The van der Waals surface area contributed by atoms with Gasteiger partial charge in [0, 0.05) is 17.8 Å². The summed E-state index contributed by atoms with van der Waals surface area (Å²) in [6.07, 6.45) is 3.77. The lowest BCUT2D eigenvalue weighted by Gasteiger charge is -1.88. The number of rotatable bonds is 0. The SMILES string of the molecule is O=c1nc2ccccc2cn2cccc12. The summed E-state index contributed by atoms with van der Waals surface area (Å²) in [6, 6.07) is 11.2. The normalized spacial score (nSPS) is 10.9. The second-order valence-electron chi connectivity index (χ2n) is 3.41. The molecular formula is C12H8N2O. The van der Waals surface area contributed by atoms with Crippen LogP contribution in [0, 0.1) is 0 Å². The Morgan fingerprint density at radius 1 is 1.07 bits per heavy atom. The van der Waals surface area contributed by atoms with Crippen molar-refractivity contribution in [3.8, 4) is 0 Å². The number of aromatic nitrogens is 2. The molecule has 2 aromatic heterocycles. The molecule has 3 rings (SSSR count). The molecule has 0 saturated heterocycles. The standard InChI is InChI=1S/C12H8N2O/c15-12-11-6-3-7-14(11)8-9-4-1-2-5-10(9)13-12/h1-8H. The highest BCUT2D eigenvalue weighted by molar-refractivity contribution is 5.77. The van der Waals surface area contributed by atoms with E-state index in [1.807, 2.05) is 42.7 Å². The van der Waals surface area contributed by atoms with Crippen LogP contribution in [0.5, 0.6) is 0 Å². The first-order valence-electron chi connectivity index (χ1n) is 4.71. The predicted octanol–water partition coefficient (Wildman–Crippen LogP) is 1.85. The summed E-state index contributed by atoms with van der Waals surface area (Å²) in [5.74, 6) is 0. The molecule has 0 saturated carbocycles. The van der Waals surface area contributed by atoms with Gasteiger partial charge in [0.1, 0.15) is 5.52 Å². The van der Waals surface area contributed by atoms with Crippen molar-refractivity contribution in [3.63, 3.8) is 0 Å². The molecule has 2 heterocycles. The summed E-state index contributed by atoms with van der Waals surface area (Å²) in [5, 5.41) is 0.959. The Labute approximate surface area is 85.6 Å². The topological polar surface area (TPSA) is 34.4 Å². The molecule has 15 heavy (non-hydrogen) atoms. The van der Waals surface area contributed by atoms with Crippen LogP contribution in [-0.2, 0) is 0 Å². The molecule has 3 heteroatoms. The zero-order valence-electron chi connectivity index (χ0n) is 7.92. The van der Waals surface area contributed by atoms with E-state index < -0.39 is 0 Å². The average molecular weight is 196 g/mol. The zero-order valence-corrected chi connectivity index (χ0v) is 7.92. The number of hydrogen-bond acceptors (Lipinski definition) is 2. The summed E-state index contributed by atoms with van der Waals surface area (Å²) in [7, 11) is 0. The van der Waals surface area contributed by atoms with E-state index in [0.29, 0.717) is 5.52 Å². The largest absolute Gasteiger partial charge is 0.318 e. The van der Waals surface area contributed by atoms with Gasteiger partial charge in [0.05, 0.1) is 5.52 Å². The molecule has 0 aliphatic rings. The number of hydrogen-bond donors (Lipinski definition) is 0. The molecule has 1 aromatic carbocycles. The van der Waals surface area contributed by atoms with Gasteiger partial charge in [-0.25, -0.2) is 4.98 Å². The molecule has 0 spiro atoms. The molecule has 3 nitrogen and oxygen atoms in total. The second kappa shape index (κ2) is 2.92. The summed E-state index contributed by atoms with van der Waals surface area (Å²) >= 11 is 0. The first kappa shape index (κ1) is 8.17. The minimum atomic E-state index is -0.193. The van der Waals surface area contributed by atoms with Crippen molar-refractivity contribution in [3.05, 3.63) is 59.1 Å². The van der Waals surface area contributed by atoms with Gasteiger partial charge in [0.2, 0.25) is 0 Å². The average Bonchev–Trinajstić information content (AvgIpc) is 2.64. The first-order valence-corrected chi connectivity index (χ1v) is 4.71. The van der Waals surface area contributed by atoms with E-state index in [-0.39, 0.29) is 5.56 Å². The Kier molecular flexibility index (Phi) is 1.59. The highest BCUT2D eigenvalue weighted by atomic mass is 16.1. The van der Waals surface area contributed by atoms with E-state index in [9.17, 15) is 4.79 Å². The summed E-state index contributed by atoms with van der Waals surface area (Å²) < 4.78 is 1.80. The lowest BCUT2D eigenvalue weighted by atomic mass is 10.2. The van der Waals surface area contributed by atoms with Crippen LogP contribution >= 0.6 is 0 Å².